The Morgan fingerprint density at radius 1 is 1.28 bits per heavy atom. The Bertz CT molecular complexity index is 593. The van der Waals surface area contributed by atoms with Crippen LogP contribution in [0.15, 0.2) is 36.7 Å². The fourth-order valence-electron chi connectivity index (χ4n) is 1.74. The molecule has 0 aliphatic rings. The molecule has 1 heterocycles. The van der Waals surface area contributed by atoms with Gasteiger partial charge in [0.1, 0.15) is 0 Å². The molecule has 0 atom stereocenters. The van der Waals surface area contributed by atoms with Crippen LogP contribution in [0.1, 0.15) is 21.5 Å². The van der Waals surface area contributed by atoms with Gasteiger partial charge in [0.2, 0.25) is 0 Å². The number of nitrogen functional groups attached to an aromatic ring is 1. The van der Waals surface area contributed by atoms with Crippen LogP contribution in [-0.4, -0.2) is 10.9 Å². The summed E-state index contributed by atoms with van der Waals surface area (Å²) in [5.74, 6) is -0.243. The van der Waals surface area contributed by atoms with Crippen molar-refractivity contribution in [1.29, 1.82) is 0 Å². The predicted octanol–water partition coefficient (Wildman–Crippen LogP) is 2.53. The van der Waals surface area contributed by atoms with Gasteiger partial charge in [0.15, 0.2) is 0 Å². The molecule has 18 heavy (non-hydrogen) atoms. The summed E-state index contributed by atoms with van der Waals surface area (Å²) in [5, 5.41) is 2.84. The molecule has 1 aromatic carbocycles. The second kappa shape index (κ2) is 4.87. The van der Waals surface area contributed by atoms with E-state index in [1.54, 1.807) is 12.3 Å². The van der Waals surface area contributed by atoms with Crippen LogP contribution in [0.4, 0.5) is 11.4 Å². The third kappa shape index (κ3) is 2.48. The van der Waals surface area contributed by atoms with Gasteiger partial charge in [-0.2, -0.15) is 0 Å². The van der Waals surface area contributed by atoms with Gasteiger partial charge < -0.3 is 11.1 Å². The first-order valence-electron chi connectivity index (χ1n) is 5.66. The first-order chi connectivity index (χ1) is 8.58. The van der Waals surface area contributed by atoms with Crippen molar-refractivity contribution >= 4 is 17.3 Å². The molecule has 2 aromatic rings. The van der Waals surface area contributed by atoms with E-state index in [1.165, 1.54) is 6.20 Å². The molecule has 0 saturated heterocycles. The van der Waals surface area contributed by atoms with E-state index < -0.39 is 0 Å². The summed E-state index contributed by atoms with van der Waals surface area (Å²) in [6.07, 6.45) is 3.03. The van der Waals surface area contributed by atoms with E-state index in [1.807, 2.05) is 32.0 Å². The van der Waals surface area contributed by atoms with Gasteiger partial charge in [-0.15, -0.1) is 0 Å². The van der Waals surface area contributed by atoms with Gasteiger partial charge in [-0.3, -0.25) is 9.78 Å². The molecule has 0 radical (unpaired) electrons. The number of nitrogens with two attached hydrogens (primary N) is 1. The standard InChI is InChI=1S/C14H15N3O/c1-9-3-4-13(10(2)7-9)17-14(18)11-8-16-6-5-12(11)15/h3-8H,1-2H3,(H2,15,16)(H,17,18). The number of hydrogen-bond donors (Lipinski definition) is 2. The molecule has 4 heteroatoms. The lowest BCUT2D eigenvalue weighted by molar-refractivity contribution is 0.102. The summed E-state index contributed by atoms with van der Waals surface area (Å²) in [6, 6.07) is 7.46. The molecule has 0 unspecified atom stereocenters. The van der Waals surface area contributed by atoms with Gasteiger partial charge in [0.05, 0.1) is 5.56 Å². The molecule has 0 aliphatic carbocycles. The number of pyridine rings is 1. The quantitative estimate of drug-likeness (QED) is 0.849. The number of anilines is 2. The van der Waals surface area contributed by atoms with Gasteiger partial charge in [-0.05, 0) is 31.5 Å². The maximum Gasteiger partial charge on any atom is 0.259 e. The minimum absolute atomic E-state index is 0.243. The van der Waals surface area contributed by atoms with E-state index >= 15 is 0 Å². The number of rotatable bonds is 2. The summed E-state index contributed by atoms with van der Waals surface area (Å²) in [6.45, 7) is 3.97. The smallest absolute Gasteiger partial charge is 0.259 e. The number of benzene rings is 1. The lowest BCUT2D eigenvalue weighted by Crippen LogP contribution is -2.15. The van der Waals surface area contributed by atoms with Crippen LogP contribution in [-0.2, 0) is 0 Å². The highest BCUT2D eigenvalue weighted by atomic mass is 16.1. The Hall–Kier alpha value is -2.36. The van der Waals surface area contributed by atoms with E-state index in [0.717, 1.165) is 16.8 Å². The molecule has 0 saturated carbocycles. The minimum atomic E-state index is -0.243. The molecule has 4 nitrogen and oxygen atoms in total. The molecule has 0 spiro atoms. The third-order valence-electron chi connectivity index (χ3n) is 2.73. The van der Waals surface area contributed by atoms with E-state index in [2.05, 4.69) is 10.3 Å². The first-order valence-corrected chi connectivity index (χ1v) is 5.66. The van der Waals surface area contributed by atoms with Gasteiger partial charge in [0.25, 0.3) is 5.91 Å². The lowest BCUT2D eigenvalue weighted by atomic mass is 10.1. The highest BCUT2D eigenvalue weighted by molar-refractivity contribution is 6.07. The van der Waals surface area contributed by atoms with Crippen LogP contribution in [0.5, 0.6) is 0 Å². The average molecular weight is 241 g/mol. The van der Waals surface area contributed by atoms with Crippen LogP contribution >= 0.6 is 0 Å². The van der Waals surface area contributed by atoms with Crippen molar-refractivity contribution in [3.8, 4) is 0 Å². The van der Waals surface area contributed by atoms with E-state index in [-0.39, 0.29) is 5.91 Å². The fraction of sp³-hybridized carbons (Fsp3) is 0.143. The molecular formula is C14H15N3O. The van der Waals surface area contributed by atoms with E-state index in [9.17, 15) is 4.79 Å². The van der Waals surface area contributed by atoms with Crippen molar-refractivity contribution < 1.29 is 4.79 Å². The number of aromatic nitrogens is 1. The Balaban J connectivity index is 2.24. The zero-order valence-electron chi connectivity index (χ0n) is 10.4. The number of nitrogens with zero attached hydrogens (tertiary/aromatic N) is 1. The molecule has 1 aromatic heterocycles. The van der Waals surface area contributed by atoms with Crippen LogP contribution in [0.2, 0.25) is 0 Å². The third-order valence-corrected chi connectivity index (χ3v) is 2.73. The normalized spacial score (nSPS) is 10.1. The monoisotopic (exact) mass is 241 g/mol. The zero-order valence-corrected chi connectivity index (χ0v) is 10.4. The van der Waals surface area contributed by atoms with E-state index in [0.29, 0.717) is 11.3 Å². The van der Waals surface area contributed by atoms with Crippen molar-refractivity contribution in [2.75, 3.05) is 11.1 Å². The Labute approximate surface area is 106 Å². The second-order valence-corrected chi connectivity index (χ2v) is 4.24. The molecule has 3 N–H and O–H groups in total. The Morgan fingerprint density at radius 2 is 2.06 bits per heavy atom. The van der Waals surface area contributed by atoms with Crippen LogP contribution < -0.4 is 11.1 Å². The maximum absolute atomic E-state index is 12.0. The molecular weight excluding hydrogens is 226 g/mol. The van der Waals surface area contributed by atoms with Gasteiger partial charge in [-0.1, -0.05) is 17.7 Å². The largest absolute Gasteiger partial charge is 0.398 e. The topological polar surface area (TPSA) is 68.0 Å². The SMILES string of the molecule is Cc1ccc(NC(=O)c2cnccc2N)c(C)c1. The summed E-state index contributed by atoms with van der Waals surface area (Å²) in [5.41, 5.74) is 9.51. The predicted molar refractivity (Wildman–Crippen MR) is 72.5 cm³/mol. The summed E-state index contributed by atoms with van der Waals surface area (Å²) in [7, 11) is 0. The Kier molecular flexibility index (Phi) is 3.28. The lowest BCUT2D eigenvalue weighted by Gasteiger charge is -2.10. The number of hydrogen-bond acceptors (Lipinski definition) is 3. The number of aryl methyl sites for hydroxylation is 2. The zero-order chi connectivity index (χ0) is 13.1. The fourth-order valence-corrected chi connectivity index (χ4v) is 1.74. The van der Waals surface area contributed by atoms with Crippen LogP contribution in [0, 0.1) is 13.8 Å². The van der Waals surface area contributed by atoms with Gasteiger partial charge in [-0.25, -0.2) is 0 Å². The molecule has 0 aliphatic heterocycles. The van der Waals surface area contributed by atoms with Crippen molar-refractivity contribution in [1.82, 2.24) is 4.98 Å². The maximum atomic E-state index is 12.0. The highest BCUT2D eigenvalue weighted by Gasteiger charge is 2.10. The number of carbonyl (C=O) groups is 1. The van der Waals surface area contributed by atoms with Gasteiger partial charge >= 0.3 is 0 Å². The summed E-state index contributed by atoms with van der Waals surface area (Å²) < 4.78 is 0. The van der Waals surface area contributed by atoms with Gasteiger partial charge in [0, 0.05) is 23.8 Å². The molecule has 0 bridgehead atoms. The molecule has 92 valence electrons. The molecule has 2 rings (SSSR count). The second-order valence-electron chi connectivity index (χ2n) is 4.24. The van der Waals surface area contributed by atoms with E-state index in [4.69, 9.17) is 5.73 Å². The number of nitrogens with one attached hydrogen (secondary N) is 1. The first kappa shape index (κ1) is 12.1. The molecule has 0 fully saturated rings. The van der Waals surface area contributed by atoms with Crippen molar-refractivity contribution in [3.05, 3.63) is 53.3 Å². The van der Waals surface area contributed by atoms with Crippen molar-refractivity contribution in [2.24, 2.45) is 0 Å². The van der Waals surface area contributed by atoms with Crippen LogP contribution in [0.25, 0.3) is 0 Å². The highest BCUT2D eigenvalue weighted by Crippen LogP contribution is 2.18. The average Bonchev–Trinajstić information content (AvgIpc) is 2.33. The number of carbonyl (C=O) groups excluding carboxylic acids is 1. The van der Waals surface area contributed by atoms with Crippen molar-refractivity contribution in [2.45, 2.75) is 13.8 Å². The summed E-state index contributed by atoms with van der Waals surface area (Å²) >= 11 is 0. The Morgan fingerprint density at radius 3 is 2.72 bits per heavy atom. The van der Waals surface area contributed by atoms with Crippen molar-refractivity contribution in [3.63, 3.8) is 0 Å². The minimum Gasteiger partial charge on any atom is -0.398 e. The number of amides is 1. The summed E-state index contributed by atoms with van der Waals surface area (Å²) in [4.78, 5) is 15.9. The van der Waals surface area contributed by atoms with Crippen LogP contribution in [0.3, 0.4) is 0 Å². The molecule has 1 amide bonds.